The molecule has 0 spiro atoms. The van der Waals surface area contributed by atoms with Gasteiger partial charge in [0.05, 0.1) is 12.2 Å². The molecule has 0 amide bonds. The molecule has 0 fully saturated rings. The number of hydrogen-bond acceptors (Lipinski definition) is 3. The van der Waals surface area contributed by atoms with Crippen LogP contribution in [0.15, 0.2) is 22.7 Å². The van der Waals surface area contributed by atoms with Gasteiger partial charge in [0.15, 0.2) is 0 Å². The monoisotopic (exact) mass is 327 g/mol. The summed E-state index contributed by atoms with van der Waals surface area (Å²) in [5.41, 5.74) is 0.569. The van der Waals surface area contributed by atoms with Gasteiger partial charge in [-0.25, -0.2) is 0 Å². The Morgan fingerprint density at radius 1 is 1.42 bits per heavy atom. The molecule has 0 saturated carbocycles. The van der Waals surface area contributed by atoms with Crippen LogP contribution in [0.25, 0.3) is 0 Å². The number of ether oxygens (including phenoxy) is 1. The average Bonchev–Trinajstić information content (AvgIpc) is 2.44. The Morgan fingerprint density at radius 3 is 2.84 bits per heavy atom. The van der Waals surface area contributed by atoms with Gasteiger partial charge in [-0.3, -0.25) is 0 Å². The summed E-state index contributed by atoms with van der Waals surface area (Å²) in [6.07, 6.45) is 2.48. The molecule has 3 nitrogen and oxygen atoms in total. The number of rotatable bonds is 5. The highest BCUT2D eigenvalue weighted by Gasteiger charge is 2.26. The van der Waals surface area contributed by atoms with Crippen LogP contribution in [-0.4, -0.2) is 23.9 Å². The fourth-order valence-corrected chi connectivity index (χ4v) is 2.77. The first-order valence-corrected chi connectivity index (χ1v) is 7.75. The molecule has 1 atom stereocenters. The summed E-state index contributed by atoms with van der Waals surface area (Å²) >= 11 is 3.50. The van der Waals surface area contributed by atoms with E-state index in [0.717, 1.165) is 36.1 Å². The number of aliphatic hydroxyl groups is 1. The van der Waals surface area contributed by atoms with Gasteiger partial charge in [0.25, 0.3) is 0 Å². The van der Waals surface area contributed by atoms with Crippen molar-refractivity contribution in [2.75, 3.05) is 13.2 Å². The molecule has 2 rings (SSSR count). The van der Waals surface area contributed by atoms with Crippen molar-refractivity contribution >= 4 is 15.9 Å². The zero-order valence-corrected chi connectivity index (χ0v) is 13.2. The van der Waals surface area contributed by atoms with Crippen molar-refractivity contribution in [3.05, 3.63) is 28.2 Å². The average molecular weight is 328 g/mol. The van der Waals surface area contributed by atoms with Crippen molar-refractivity contribution in [2.24, 2.45) is 0 Å². The highest BCUT2D eigenvalue weighted by molar-refractivity contribution is 9.10. The third-order valence-corrected chi connectivity index (χ3v) is 4.50. The van der Waals surface area contributed by atoms with E-state index < -0.39 is 5.60 Å². The molecular formula is C15H22BrNO2. The largest absolute Gasteiger partial charge is 0.493 e. The Morgan fingerprint density at radius 2 is 2.16 bits per heavy atom. The Balaban J connectivity index is 2.09. The molecule has 1 aliphatic heterocycles. The van der Waals surface area contributed by atoms with Gasteiger partial charge in [-0.1, -0.05) is 29.8 Å². The van der Waals surface area contributed by atoms with E-state index in [2.05, 4.69) is 27.3 Å². The highest BCUT2D eigenvalue weighted by atomic mass is 79.9. The number of benzene rings is 1. The van der Waals surface area contributed by atoms with Crippen LogP contribution in [0.1, 0.15) is 44.7 Å². The summed E-state index contributed by atoms with van der Waals surface area (Å²) in [7, 11) is 0. The van der Waals surface area contributed by atoms with Crippen molar-refractivity contribution in [3.8, 4) is 5.75 Å². The Kier molecular flexibility index (Phi) is 4.87. The van der Waals surface area contributed by atoms with Crippen molar-refractivity contribution in [3.63, 3.8) is 0 Å². The maximum Gasteiger partial charge on any atom is 0.124 e. The van der Waals surface area contributed by atoms with E-state index in [0.29, 0.717) is 6.54 Å². The van der Waals surface area contributed by atoms with Gasteiger partial charge in [-0.05, 0) is 31.0 Å². The topological polar surface area (TPSA) is 41.5 Å². The number of nitrogens with one attached hydrogen (secondary N) is 1. The molecular weight excluding hydrogens is 306 g/mol. The minimum Gasteiger partial charge on any atom is -0.493 e. The lowest BCUT2D eigenvalue weighted by molar-refractivity contribution is 0.0283. The number of fused-ring (bicyclic) bond motifs is 1. The summed E-state index contributed by atoms with van der Waals surface area (Å²) < 4.78 is 6.73. The van der Waals surface area contributed by atoms with Crippen LogP contribution in [0.5, 0.6) is 5.75 Å². The van der Waals surface area contributed by atoms with Crippen LogP contribution < -0.4 is 10.1 Å². The maximum atomic E-state index is 10.4. The molecule has 1 aromatic rings. The van der Waals surface area contributed by atoms with Crippen molar-refractivity contribution in [1.29, 1.82) is 0 Å². The quantitative estimate of drug-likeness (QED) is 0.870. The van der Waals surface area contributed by atoms with Crippen LogP contribution in [0.2, 0.25) is 0 Å². The Labute approximate surface area is 123 Å². The van der Waals surface area contributed by atoms with Crippen LogP contribution in [0, 0.1) is 0 Å². The van der Waals surface area contributed by atoms with Crippen LogP contribution in [0.4, 0.5) is 0 Å². The fraction of sp³-hybridized carbons (Fsp3) is 0.600. The second-order valence-corrected chi connectivity index (χ2v) is 6.10. The zero-order valence-electron chi connectivity index (χ0n) is 11.6. The molecule has 1 aromatic carbocycles. The zero-order chi connectivity index (χ0) is 13.9. The standard InChI is InChI=1S/C15H22BrNO2/c1-3-15(18,4-2)10-17-13-7-8-19-14-6-5-11(16)9-12(13)14/h5-6,9,13,17-18H,3-4,7-8,10H2,1-2H3. The second kappa shape index (κ2) is 6.25. The van der Waals surface area contributed by atoms with E-state index in [1.54, 1.807) is 0 Å². The van der Waals surface area contributed by atoms with Gasteiger partial charge in [0, 0.05) is 29.0 Å². The van der Waals surface area contributed by atoms with Crippen LogP contribution in [-0.2, 0) is 0 Å². The summed E-state index contributed by atoms with van der Waals surface area (Å²) in [4.78, 5) is 0. The van der Waals surface area contributed by atoms with Gasteiger partial charge in [-0.2, -0.15) is 0 Å². The molecule has 4 heteroatoms. The lowest BCUT2D eigenvalue weighted by Crippen LogP contribution is -2.42. The van der Waals surface area contributed by atoms with Crippen molar-refractivity contribution in [1.82, 2.24) is 5.32 Å². The molecule has 0 aromatic heterocycles. The minimum absolute atomic E-state index is 0.255. The van der Waals surface area contributed by atoms with Gasteiger partial charge in [-0.15, -0.1) is 0 Å². The summed E-state index contributed by atoms with van der Waals surface area (Å²) in [5.74, 6) is 0.948. The highest BCUT2D eigenvalue weighted by Crippen LogP contribution is 2.34. The van der Waals surface area contributed by atoms with Gasteiger partial charge in [0.1, 0.15) is 5.75 Å². The molecule has 0 bridgehead atoms. The first kappa shape index (κ1) is 14.8. The van der Waals surface area contributed by atoms with E-state index in [9.17, 15) is 5.11 Å². The third kappa shape index (κ3) is 3.50. The Bertz CT molecular complexity index is 432. The predicted octanol–water partition coefficient (Wildman–Crippen LogP) is 3.41. The number of halogens is 1. The normalized spacial score (nSPS) is 18.8. The second-order valence-electron chi connectivity index (χ2n) is 5.18. The summed E-state index contributed by atoms with van der Waals surface area (Å²) in [6, 6.07) is 6.35. The van der Waals surface area contributed by atoms with E-state index in [-0.39, 0.29) is 6.04 Å². The summed E-state index contributed by atoms with van der Waals surface area (Å²) in [5, 5.41) is 13.9. The fourth-order valence-electron chi connectivity index (χ4n) is 2.39. The lowest BCUT2D eigenvalue weighted by Gasteiger charge is -2.32. The maximum absolute atomic E-state index is 10.4. The van der Waals surface area contributed by atoms with E-state index in [4.69, 9.17) is 4.74 Å². The van der Waals surface area contributed by atoms with Crippen LogP contribution >= 0.6 is 15.9 Å². The molecule has 0 aliphatic carbocycles. The molecule has 0 radical (unpaired) electrons. The lowest BCUT2D eigenvalue weighted by atomic mass is 9.95. The van der Waals surface area contributed by atoms with Gasteiger partial charge >= 0.3 is 0 Å². The Hall–Kier alpha value is -0.580. The predicted molar refractivity (Wildman–Crippen MR) is 80.5 cm³/mol. The van der Waals surface area contributed by atoms with E-state index >= 15 is 0 Å². The molecule has 0 saturated heterocycles. The van der Waals surface area contributed by atoms with Crippen molar-refractivity contribution in [2.45, 2.75) is 44.8 Å². The minimum atomic E-state index is -0.607. The van der Waals surface area contributed by atoms with E-state index in [1.165, 1.54) is 5.56 Å². The molecule has 106 valence electrons. The molecule has 1 aliphatic rings. The first-order valence-electron chi connectivity index (χ1n) is 6.96. The smallest absolute Gasteiger partial charge is 0.124 e. The molecule has 1 unspecified atom stereocenters. The van der Waals surface area contributed by atoms with E-state index in [1.807, 2.05) is 26.0 Å². The first-order chi connectivity index (χ1) is 9.08. The molecule has 2 N–H and O–H groups in total. The van der Waals surface area contributed by atoms with Gasteiger partial charge < -0.3 is 15.2 Å². The SMILES string of the molecule is CCC(O)(CC)CNC1CCOc2ccc(Br)cc21. The number of hydrogen-bond donors (Lipinski definition) is 2. The van der Waals surface area contributed by atoms with Gasteiger partial charge in [0.2, 0.25) is 0 Å². The van der Waals surface area contributed by atoms with Crippen LogP contribution in [0.3, 0.4) is 0 Å². The summed E-state index contributed by atoms with van der Waals surface area (Å²) in [6.45, 7) is 5.40. The third-order valence-electron chi connectivity index (χ3n) is 4.01. The molecule has 1 heterocycles. The van der Waals surface area contributed by atoms with Crippen molar-refractivity contribution < 1.29 is 9.84 Å². The molecule has 19 heavy (non-hydrogen) atoms.